The van der Waals surface area contributed by atoms with Crippen molar-refractivity contribution in [1.29, 1.82) is 0 Å². The fourth-order valence-electron chi connectivity index (χ4n) is 1.50. The van der Waals surface area contributed by atoms with E-state index in [0.29, 0.717) is 0 Å². The van der Waals surface area contributed by atoms with Crippen LogP contribution in [0.2, 0.25) is 0 Å². The van der Waals surface area contributed by atoms with Gasteiger partial charge in [-0.2, -0.15) is 0 Å². The SMILES string of the molecule is COc1ccc(CCC(C)C)c(OC)c1. The number of benzene rings is 1. The Morgan fingerprint density at radius 1 is 1.13 bits per heavy atom. The molecule has 0 unspecified atom stereocenters. The molecule has 0 saturated heterocycles. The first-order valence-corrected chi connectivity index (χ1v) is 5.38. The minimum atomic E-state index is 0.719. The molecule has 0 aliphatic heterocycles. The van der Waals surface area contributed by atoms with Gasteiger partial charge in [0, 0.05) is 6.07 Å². The molecule has 84 valence electrons. The van der Waals surface area contributed by atoms with Crippen molar-refractivity contribution in [3.05, 3.63) is 23.8 Å². The minimum Gasteiger partial charge on any atom is -0.497 e. The van der Waals surface area contributed by atoms with E-state index in [-0.39, 0.29) is 0 Å². The molecule has 0 radical (unpaired) electrons. The van der Waals surface area contributed by atoms with Crippen LogP contribution in [-0.2, 0) is 6.42 Å². The zero-order valence-corrected chi connectivity index (χ0v) is 10.0. The Balaban J connectivity index is 2.78. The minimum absolute atomic E-state index is 0.719. The lowest BCUT2D eigenvalue weighted by Gasteiger charge is -2.11. The standard InChI is InChI=1S/C13H20O2/c1-10(2)5-6-11-7-8-12(14-3)9-13(11)15-4/h7-10H,5-6H2,1-4H3. The second-order valence-electron chi connectivity index (χ2n) is 4.11. The Morgan fingerprint density at radius 2 is 1.87 bits per heavy atom. The molecular weight excluding hydrogens is 188 g/mol. The molecule has 15 heavy (non-hydrogen) atoms. The van der Waals surface area contributed by atoms with Gasteiger partial charge in [-0.25, -0.2) is 0 Å². The summed E-state index contributed by atoms with van der Waals surface area (Å²) in [6, 6.07) is 6.01. The van der Waals surface area contributed by atoms with Gasteiger partial charge >= 0.3 is 0 Å². The van der Waals surface area contributed by atoms with Gasteiger partial charge in [0.2, 0.25) is 0 Å². The zero-order chi connectivity index (χ0) is 11.3. The normalized spacial score (nSPS) is 10.5. The van der Waals surface area contributed by atoms with Crippen molar-refractivity contribution < 1.29 is 9.47 Å². The number of hydrogen-bond donors (Lipinski definition) is 0. The monoisotopic (exact) mass is 208 g/mol. The topological polar surface area (TPSA) is 18.5 Å². The molecule has 2 nitrogen and oxygen atoms in total. The van der Waals surface area contributed by atoms with Gasteiger partial charge in [0.25, 0.3) is 0 Å². The van der Waals surface area contributed by atoms with Crippen molar-refractivity contribution in [2.75, 3.05) is 14.2 Å². The van der Waals surface area contributed by atoms with Crippen molar-refractivity contribution in [1.82, 2.24) is 0 Å². The van der Waals surface area contributed by atoms with Gasteiger partial charge in [-0.3, -0.25) is 0 Å². The van der Waals surface area contributed by atoms with E-state index in [0.717, 1.165) is 23.8 Å². The predicted molar refractivity (Wildman–Crippen MR) is 62.7 cm³/mol. The van der Waals surface area contributed by atoms with E-state index in [2.05, 4.69) is 19.9 Å². The summed E-state index contributed by atoms with van der Waals surface area (Å²) >= 11 is 0. The molecule has 0 saturated carbocycles. The maximum Gasteiger partial charge on any atom is 0.125 e. The molecule has 0 heterocycles. The van der Waals surface area contributed by atoms with Crippen molar-refractivity contribution >= 4 is 0 Å². The summed E-state index contributed by atoms with van der Waals surface area (Å²) in [5, 5.41) is 0. The number of hydrogen-bond acceptors (Lipinski definition) is 2. The smallest absolute Gasteiger partial charge is 0.125 e. The van der Waals surface area contributed by atoms with Crippen LogP contribution in [0.25, 0.3) is 0 Å². The molecule has 0 aliphatic carbocycles. The Labute approximate surface area is 92.2 Å². The van der Waals surface area contributed by atoms with Crippen molar-refractivity contribution in [3.8, 4) is 11.5 Å². The number of aryl methyl sites for hydroxylation is 1. The van der Waals surface area contributed by atoms with Crippen LogP contribution < -0.4 is 9.47 Å². The third-order valence-corrected chi connectivity index (χ3v) is 2.49. The van der Waals surface area contributed by atoms with Gasteiger partial charge in [-0.05, 0) is 30.4 Å². The third-order valence-electron chi connectivity index (χ3n) is 2.49. The van der Waals surface area contributed by atoms with Crippen LogP contribution in [0.5, 0.6) is 11.5 Å². The lowest BCUT2D eigenvalue weighted by molar-refractivity contribution is 0.390. The highest BCUT2D eigenvalue weighted by Crippen LogP contribution is 2.26. The molecule has 0 spiro atoms. The van der Waals surface area contributed by atoms with Crippen LogP contribution in [0, 0.1) is 5.92 Å². The predicted octanol–water partition coefficient (Wildman–Crippen LogP) is 3.29. The van der Waals surface area contributed by atoms with Gasteiger partial charge in [0.1, 0.15) is 11.5 Å². The molecule has 0 fully saturated rings. The summed E-state index contributed by atoms with van der Waals surface area (Å²) in [6.07, 6.45) is 2.24. The van der Waals surface area contributed by atoms with Crippen LogP contribution in [0.1, 0.15) is 25.8 Å². The Kier molecular flexibility index (Phi) is 4.47. The van der Waals surface area contributed by atoms with Gasteiger partial charge in [0.15, 0.2) is 0 Å². The highest BCUT2D eigenvalue weighted by atomic mass is 16.5. The largest absolute Gasteiger partial charge is 0.497 e. The lowest BCUT2D eigenvalue weighted by atomic mass is 10.0. The highest BCUT2D eigenvalue weighted by molar-refractivity contribution is 5.40. The Bertz CT molecular complexity index is 305. The molecule has 0 amide bonds. The number of methoxy groups -OCH3 is 2. The Morgan fingerprint density at radius 3 is 2.40 bits per heavy atom. The van der Waals surface area contributed by atoms with Crippen LogP contribution in [0.3, 0.4) is 0 Å². The maximum atomic E-state index is 5.34. The first-order chi connectivity index (χ1) is 7.17. The van der Waals surface area contributed by atoms with E-state index in [4.69, 9.17) is 9.47 Å². The fraction of sp³-hybridized carbons (Fsp3) is 0.538. The summed E-state index contributed by atoms with van der Waals surface area (Å²) in [7, 11) is 3.37. The summed E-state index contributed by atoms with van der Waals surface area (Å²) in [5.41, 5.74) is 1.26. The average molecular weight is 208 g/mol. The van der Waals surface area contributed by atoms with Crippen molar-refractivity contribution in [2.45, 2.75) is 26.7 Å². The second kappa shape index (κ2) is 5.64. The van der Waals surface area contributed by atoms with Crippen LogP contribution in [0.4, 0.5) is 0 Å². The summed E-state index contributed by atoms with van der Waals surface area (Å²) < 4.78 is 10.5. The molecular formula is C13H20O2. The van der Waals surface area contributed by atoms with Gasteiger partial charge < -0.3 is 9.47 Å². The number of ether oxygens (including phenoxy) is 2. The molecule has 0 N–H and O–H groups in total. The summed E-state index contributed by atoms with van der Waals surface area (Å²) in [6.45, 7) is 4.46. The highest BCUT2D eigenvalue weighted by Gasteiger charge is 2.05. The Hall–Kier alpha value is -1.18. The fourth-order valence-corrected chi connectivity index (χ4v) is 1.50. The van der Waals surface area contributed by atoms with E-state index < -0.39 is 0 Å². The first kappa shape index (κ1) is 11.9. The van der Waals surface area contributed by atoms with E-state index in [1.54, 1.807) is 14.2 Å². The van der Waals surface area contributed by atoms with Crippen molar-refractivity contribution in [3.63, 3.8) is 0 Å². The van der Waals surface area contributed by atoms with E-state index >= 15 is 0 Å². The molecule has 1 rings (SSSR count). The first-order valence-electron chi connectivity index (χ1n) is 5.38. The molecule has 0 atom stereocenters. The van der Waals surface area contributed by atoms with Gasteiger partial charge in [-0.15, -0.1) is 0 Å². The van der Waals surface area contributed by atoms with Gasteiger partial charge in [0.05, 0.1) is 14.2 Å². The average Bonchev–Trinajstić information content (AvgIpc) is 2.25. The third kappa shape index (κ3) is 3.46. The lowest BCUT2D eigenvalue weighted by Crippen LogP contribution is -1.96. The molecule has 2 heteroatoms. The zero-order valence-electron chi connectivity index (χ0n) is 10.0. The van der Waals surface area contributed by atoms with E-state index in [9.17, 15) is 0 Å². The molecule has 0 aromatic heterocycles. The maximum absolute atomic E-state index is 5.34. The molecule has 1 aromatic carbocycles. The second-order valence-corrected chi connectivity index (χ2v) is 4.11. The molecule has 0 bridgehead atoms. The van der Waals surface area contributed by atoms with Crippen molar-refractivity contribution in [2.24, 2.45) is 5.92 Å². The molecule has 1 aromatic rings. The summed E-state index contributed by atoms with van der Waals surface area (Å²) in [4.78, 5) is 0. The van der Waals surface area contributed by atoms with Crippen LogP contribution in [-0.4, -0.2) is 14.2 Å². The molecule has 0 aliphatic rings. The van der Waals surface area contributed by atoms with Crippen LogP contribution >= 0.6 is 0 Å². The summed E-state index contributed by atoms with van der Waals surface area (Å²) in [5.74, 6) is 2.49. The number of rotatable bonds is 5. The van der Waals surface area contributed by atoms with Crippen LogP contribution in [0.15, 0.2) is 18.2 Å². The van der Waals surface area contributed by atoms with Gasteiger partial charge in [-0.1, -0.05) is 19.9 Å². The quantitative estimate of drug-likeness (QED) is 0.739. The van der Waals surface area contributed by atoms with E-state index in [1.165, 1.54) is 12.0 Å². The van der Waals surface area contributed by atoms with E-state index in [1.807, 2.05) is 12.1 Å².